The molecule has 4 N–H and O–H groups in total. The van der Waals surface area contributed by atoms with E-state index in [1.807, 2.05) is 18.2 Å². The Bertz CT molecular complexity index is 1460. The molecule has 0 atom stereocenters. The van der Waals surface area contributed by atoms with Gasteiger partial charge in [-0.05, 0) is 83.8 Å². The number of benzene rings is 4. The number of hydrogen-bond acceptors (Lipinski definition) is 6. The maximum atomic E-state index is 11.0. The topological polar surface area (TPSA) is 99.4 Å². The molecule has 0 spiro atoms. The minimum absolute atomic E-state index is 0.0916. The molecule has 184 valence electrons. The Morgan fingerprint density at radius 2 is 1.42 bits per heavy atom. The third kappa shape index (κ3) is 4.15. The Balaban J connectivity index is 1.73. The van der Waals surface area contributed by atoms with Crippen molar-refractivity contribution in [2.45, 2.75) is 25.7 Å². The monoisotopic (exact) mass is 484 g/mol. The highest BCUT2D eigenvalue weighted by atomic mass is 16.5. The third-order valence-corrected chi connectivity index (χ3v) is 6.83. The van der Waals surface area contributed by atoms with Gasteiger partial charge in [-0.3, -0.25) is 0 Å². The predicted molar refractivity (Wildman–Crippen MR) is 138 cm³/mol. The van der Waals surface area contributed by atoms with Crippen molar-refractivity contribution in [1.29, 1.82) is 0 Å². The van der Waals surface area contributed by atoms with Gasteiger partial charge in [0, 0.05) is 28.8 Å². The van der Waals surface area contributed by atoms with Crippen LogP contribution in [0.1, 0.15) is 22.3 Å². The molecule has 6 heteroatoms. The number of phenolic OH excluding ortho intramolecular Hbond substituents is 4. The van der Waals surface area contributed by atoms with Crippen LogP contribution >= 0.6 is 0 Å². The second-order valence-corrected chi connectivity index (χ2v) is 9.02. The normalized spacial score (nSPS) is 12.1. The average Bonchev–Trinajstić information content (AvgIpc) is 2.87. The molecule has 1 aliphatic rings. The fourth-order valence-electron chi connectivity index (χ4n) is 5.26. The predicted octanol–water partition coefficient (Wildman–Crippen LogP) is 5.74. The van der Waals surface area contributed by atoms with Gasteiger partial charge in [0.2, 0.25) is 0 Å². The van der Waals surface area contributed by atoms with Gasteiger partial charge in [0.25, 0.3) is 0 Å². The maximum absolute atomic E-state index is 11.0. The highest BCUT2D eigenvalue weighted by Gasteiger charge is 2.29. The van der Waals surface area contributed by atoms with Crippen LogP contribution in [0.25, 0.3) is 22.3 Å². The van der Waals surface area contributed by atoms with Crippen LogP contribution in [0.2, 0.25) is 0 Å². The van der Waals surface area contributed by atoms with Crippen molar-refractivity contribution in [3.63, 3.8) is 0 Å². The second-order valence-electron chi connectivity index (χ2n) is 9.02. The van der Waals surface area contributed by atoms with Crippen LogP contribution in [0.15, 0.2) is 60.7 Å². The van der Waals surface area contributed by atoms with E-state index in [0.29, 0.717) is 42.7 Å². The molecule has 0 saturated heterocycles. The summed E-state index contributed by atoms with van der Waals surface area (Å²) in [4.78, 5) is 0. The smallest absolute Gasteiger partial charge is 0.130 e. The molecule has 0 radical (unpaired) electrons. The lowest BCUT2D eigenvalue weighted by Gasteiger charge is -2.27. The van der Waals surface area contributed by atoms with Gasteiger partial charge in [0.1, 0.15) is 34.5 Å². The van der Waals surface area contributed by atoms with Gasteiger partial charge in [0.05, 0.1) is 14.2 Å². The van der Waals surface area contributed by atoms with E-state index in [1.54, 1.807) is 56.7 Å². The van der Waals surface area contributed by atoms with Crippen LogP contribution in [0.4, 0.5) is 0 Å². The minimum atomic E-state index is 0.0916. The molecular weight excluding hydrogens is 456 g/mol. The molecule has 6 nitrogen and oxygen atoms in total. The Labute approximate surface area is 209 Å². The first-order valence-electron chi connectivity index (χ1n) is 11.8. The van der Waals surface area contributed by atoms with Crippen LogP contribution in [-0.2, 0) is 25.7 Å². The molecule has 4 aromatic rings. The number of aromatic hydroxyl groups is 4. The average molecular weight is 485 g/mol. The summed E-state index contributed by atoms with van der Waals surface area (Å²) in [6.07, 6.45) is 2.53. The molecule has 0 aliphatic heterocycles. The molecule has 0 saturated carbocycles. The van der Waals surface area contributed by atoms with E-state index in [0.717, 1.165) is 38.9 Å². The van der Waals surface area contributed by atoms with E-state index in [9.17, 15) is 20.4 Å². The summed E-state index contributed by atoms with van der Waals surface area (Å²) >= 11 is 0. The Hall–Kier alpha value is -4.32. The van der Waals surface area contributed by atoms with Gasteiger partial charge in [-0.1, -0.05) is 18.2 Å². The fraction of sp³-hybridized carbons (Fsp3) is 0.200. The summed E-state index contributed by atoms with van der Waals surface area (Å²) in [5.41, 5.74) is 6.91. The first-order valence-corrected chi connectivity index (χ1v) is 11.8. The first kappa shape index (κ1) is 23.4. The van der Waals surface area contributed by atoms with Crippen LogP contribution < -0.4 is 9.47 Å². The summed E-state index contributed by atoms with van der Waals surface area (Å²) in [7, 11) is 3.13. The van der Waals surface area contributed by atoms with E-state index in [-0.39, 0.29) is 23.0 Å². The first-order chi connectivity index (χ1) is 17.4. The molecule has 4 aromatic carbocycles. The van der Waals surface area contributed by atoms with Crippen molar-refractivity contribution < 1.29 is 29.9 Å². The zero-order valence-electron chi connectivity index (χ0n) is 20.2. The Kier molecular flexibility index (Phi) is 6.10. The summed E-state index contributed by atoms with van der Waals surface area (Å²) in [5, 5.41) is 41.4. The summed E-state index contributed by atoms with van der Waals surface area (Å²) in [6, 6.07) is 17.2. The summed E-state index contributed by atoms with van der Waals surface area (Å²) < 4.78 is 11.5. The number of fused-ring (bicyclic) bond motifs is 3. The molecule has 0 aromatic heterocycles. The molecule has 1 aliphatic carbocycles. The van der Waals surface area contributed by atoms with E-state index < -0.39 is 0 Å². The number of rotatable bonds is 6. The van der Waals surface area contributed by atoms with Crippen molar-refractivity contribution in [3.05, 3.63) is 82.9 Å². The minimum Gasteiger partial charge on any atom is -0.508 e. The molecule has 0 bridgehead atoms. The lowest BCUT2D eigenvalue weighted by Crippen LogP contribution is -2.09. The van der Waals surface area contributed by atoms with Gasteiger partial charge < -0.3 is 29.9 Å². The van der Waals surface area contributed by atoms with Crippen molar-refractivity contribution in [3.8, 4) is 56.8 Å². The van der Waals surface area contributed by atoms with E-state index in [1.165, 1.54) is 0 Å². The lowest BCUT2D eigenvalue weighted by molar-refractivity contribution is 0.402. The number of hydrogen-bond donors (Lipinski definition) is 4. The van der Waals surface area contributed by atoms with Crippen LogP contribution in [0.3, 0.4) is 0 Å². The third-order valence-electron chi connectivity index (χ3n) is 6.83. The molecule has 0 heterocycles. The van der Waals surface area contributed by atoms with Crippen molar-refractivity contribution in [2.75, 3.05) is 14.2 Å². The summed E-state index contributed by atoms with van der Waals surface area (Å²) in [5.74, 6) is 1.62. The molecule has 5 rings (SSSR count). The van der Waals surface area contributed by atoms with E-state index in [4.69, 9.17) is 9.47 Å². The molecule has 0 unspecified atom stereocenters. The number of aryl methyl sites for hydroxylation is 3. The van der Waals surface area contributed by atoms with E-state index >= 15 is 0 Å². The molecular formula is C30H28O6. The van der Waals surface area contributed by atoms with Crippen molar-refractivity contribution in [1.82, 2.24) is 0 Å². The van der Waals surface area contributed by atoms with Crippen molar-refractivity contribution >= 4 is 0 Å². The maximum Gasteiger partial charge on any atom is 0.130 e. The highest BCUT2D eigenvalue weighted by Crippen LogP contribution is 2.52. The zero-order chi connectivity index (χ0) is 25.4. The van der Waals surface area contributed by atoms with Gasteiger partial charge in [-0.25, -0.2) is 0 Å². The molecule has 0 fully saturated rings. The fourth-order valence-corrected chi connectivity index (χ4v) is 5.26. The standard InChI is InChI=1S/C30H28O6/c1-35-26-15-22(33)14-19(7-6-17-4-3-5-20(31)12-17)28(26)30-24-10-8-18-13-21(32)9-11-23(18)29(24)25(34)16-27(30)36-2/h3-5,9,11-16,31-34H,6-8,10H2,1-2H3. The number of ether oxygens (including phenoxy) is 2. The van der Waals surface area contributed by atoms with Gasteiger partial charge in [-0.15, -0.1) is 0 Å². The van der Waals surface area contributed by atoms with E-state index in [2.05, 4.69) is 0 Å². The quantitative estimate of drug-likeness (QED) is 0.278. The summed E-state index contributed by atoms with van der Waals surface area (Å²) in [6.45, 7) is 0. The highest BCUT2D eigenvalue weighted by molar-refractivity contribution is 5.92. The van der Waals surface area contributed by atoms with Crippen molar-refractivity contribution in [2.24, 2.45) is 0 Å². The largest absolute Gasteiger partial charge is 0.508 e. The number of phenols is 4. The molecule has 36 heavy (non-hydrogen) atoms. The molecule has 0 amide bonds. The Morgan fingerprint density at radius 3 is 2.17 bits per heavy atom. The lowest BCUT2D eigenvalue weighted by atomic mass is 9.79. The van der Waals surface area contributed by atoms with Crippen LogP contribution in [-0.4, -0.2) is 34.6 Å². The van der Waals surface area contributed by atoms with Gasteiger partial charge in [-0.2, -0.15) is 0 Å². The zero-order valence-corrected chi connectivity index (χ0v) is 20.2. The van der Waals surface area contributed by atoms with Gasteiger partial charge in [0.15, 0.2) is 0 Å². The van der Waals surface area contributed by atoms with Gasteiger partial charge >= 0.3 is 0 Å². The van der Waals surface area contributed by atoms with Crippen LogP contribution in [0, 0.1) is 0 Å². The second kappa shape index (κ2) is 9.38. The number of methoxy groups -OCH3 is 2. The Morgan fingerprint density at radius 1 is 0.667 bits per heavy atom. The SMILES string of the molecule is COc1cc(O)cc(CCc2cccc(O)c2)c1-c1c(OC)cc(O)c2c1CCc1cc(O)ccc1-2. The van der Waals surface area contributed by atoms with Crippen LogP contribution in [0.5, 0.6) is 34.5 Å².